The molecule has 1 heterocycles. The number of benzene rings is 2. The fraction of sp³-hybridized carbons (Fsp3) is 0.350. The molecular weight excluding hydrogens is 487 g/mol. The molecule has 0 aliphatic carbocycles. The van der Waals surface area contributed by atoms with Crippen LogP contribution in [0.15, 0.2) is 47.5 Å². The average Bonchev–Trinajstić information content (AvgIpc) is 3.17. The Hall–Kier alpha value is -2.56. The van der Waals surface area contributed by atoms with Gasteiger partial charge in [0.2, 0.25) is 6.79 Å². The summed E-state index contributed by atoms with van der Waals surface area (Å²) in [6.07, 6.45) is 1.81. The van der Waals surface area contributed by atoms with E-state index in [9.17, 15) is 10.1 Å². The number of rotatable bonds is 8. The lowest BCUT2D eigenvalue weighted by Crippen LogP contribution is -2.38. The molecule has 0 bridgehead atoms. The molecule has 2 aromatic carbocycles. The van der Waals surface area contributed by atoms with E-state index in [1.807, 2.05) is 18.2 Å². The third kappa shape index (κ3) is 6.77. The number of ether oxygens (including phenoxy) is 2. The summed E-state index contributed by atoms with van der Waals surface area (Å²) >= 11 is 0. The molecule has 1 aliphatic rings. The highest BCUT2D eigenvalue weighted by Crippen LogP contribution is 2.32. The first-order chi connectivity index (χ1) is 13.7. The van der Waals surface area contributed by atoms with Crippen LogP contribution in [0.1, 0.15) is 24.5 Å². The van der Waals surface area contributed by atoms with E-state index in [1.54, 1.807) is 12.1 Å². The molecule has 1 aliphatic heterocycles. The second kappa shape index (κ2) is 11.4. The molecule has 0 spiro atoms. The highest BCUT2D eigenvalue weighted by Gasteiger charge is 2.13. The van der Waals surface area contributed by atoms with Crippen LogP contribution in [0, 0.1) is 10.1 Å². The fourth-order valence-corrected chi connectivity index (χ4v) is 2.73. The minimum absolute atomic E-state index is 0. The summed E-state index contributed by atoms with van der Waals surface area (Å²) in [5.41, 5.74) is 2.15. The Morgan fingerprint density at radius 3 is 2.48 bits per heavy atom. The zero-order valence-electron chi connectivity index (χ0n) is 16.2. The van der Waals surface area contributed by atoms with E-state index in [0.29, 0.717) is 6.54 Å². The van der Waals surface area contributed by atoms with Crippen LogP contribution in [0.5, 0.6) is 11.5 Å². The molecule has 0 radical (unpaired) electrons. The van der Waals surface area contributed by atoms with Crippen LogP contribution in [-0.4, -0.2) is 30.8 Å². The van der Waals surface area contributed by atoms with Crippen molar-refractivity contribution < 1.29 is 14.4 Å². The van der Waals surface area contributed by atoms with Crippen molar-refractivity contribution in [2.45, 2.75) is 26.3 Å². The molecule has 3 rings (SSSR count). The summed E-state index contributed by atoms with van der Waals surface area (Å²) in [7, 11) is 0. The second-order valence-electron chi connectivity index (χ2n) is 6.38. The largest absolute Gasteiger partial charge is 0.454 e. The zero-order valence-corrected chi connectivity index (χ0v) is 18.6. The zero-order chi connectivity index (χ0) is 19.8. The van der Waals surface area contributed by atoms with Crippen LogP contribution in [0.3, 0.4) is 0 Å². The van der Waals surface area contributed by atoms with Crippen molar-refractivity contribution in [2.75, 3.05) is 19.9 Å². The van der Waals surface area contributed by atoms with Crippen LogP contribution in [-0.2, 0) is 13.0 Å². The van der Waals surface area contributed by atoms with E-state index in [1.165, 1.54) is 12.1 Å². The Labute approximate surface area is 186 Å². The second-order valence-corrected chi connectivity index (χ2v) is 6.38. The molecular formula is C20H25IN4O4. The maximum atomic E-state index is 10.7. The molecule has 156 valence electrons. The Bertz CT molecular complexity index is 843. The lowest BCUT2D eigenvalue weighted by Gasteiger charge is -2.12. The van der Waals surface area contributed by atoms with E-state index in [0.717, 1.165) is 54.5 Å². The van der Waals surface area contributed by atoms with Gasteiger partial charge in [0.05, 0.1) is 11.5 Å². The highest BCUT2D eigenvalue weighted by atomic mass is 127. The molecule has 0 aromatic heterocycles. The van der Waals surface area contributed by atoms with Gasteiger partial charge in [-0.2, -0.15) is 0 Å². The first-order valence-corrected chi connectivity index (χ1v) is 9.29. The Morgan fingerprint density at radius 1 is 1.07 bits per heavy atom. The molecule has 2 N–H and O–H groups in total. The number of hydrogen-bond acceptors (Lipinski definition) is 5. The van der Waals surface area contributed by atoms with Crippen LogP contribution in [0.25, 0.3) is 0 Å². The van der Waals surface area contributed by atoms with Gasteiger partial charge in [0, 0.05) is 25.2 Å². The monoisotopic (exact) mass is 512 g/mol. The van der Waals surface area contributed by atoms with Gasteiger partial charge >= 0.3 is 0 Å². The smallest absolute Gasteiger partial charge is 0.269 e. The number of nitro benzene ring substituents is 1. The third-order valence-electron chi connectivity index (χ3n) is 4.25. The molecule has 2 aromatic rings. The van der Waals surface area contributed by atoms with Crippen LogP contribution in [0.4, 0.5) is 5.69 Å². The molecule has 0 unspecified atom stereocenters. The van der Waals surface area contributed by atoms with Gasteiger partial charge in [-0.25, -0.2) is 4.99 Å². The van der Waals surface area contributed by atoms with Crippen LogP contribution in [0.2, 0.25) is 0 Å². The van der Waals surface area contributed by atoms with Crippen molar-refractivity contribution in [1.29, 1.82) is 0 Å². The molecule has 9 heteroatoms. The summed E-state index contributed by atoms with van der Waals surface area (Å²) in [6, 6.07) is 12.4. The maximum Gasteiger partial charge on any atom is 0.269 e. The maximum absolute atomic E-state index is 10.7. The van der Waals surface area contributed by atoms with Gasteiger partial charge in [0.1, 0.15) is 0 Å². The summed E-state index contributed by atoms with van der Waals surface area (Å²) in [5.74, 6) is 2.29. The third-order valence-corrected chi connectivity index (χ3v) is 4.25. The summed E-state index contributed by atoms with van der Waals surface area (Å²) in [4.78, 5) is 14.9. The fourth-order valence-electron chi connectivity index (χ4n) is 2.73. The number of nitrogens with zero attached hydrogens (tertiary/aromatic N) is 2. The predicted octanol–water partition coefficient (Wildman–Crippen LogP) is 3.63. The minimum atomic E-state index is -0.404. The molecule has 0 fully saturated rings. The van der Waals surface area contributed by atoms with E-state index >= 15 is 0 Å². The molecule has 29 heavy (non-hydrogen) atoms. The van der Waals surface area contributed by atoms with Crippen molar-refractivity contribution in [3.63, 3.8) is 0 Å². The molecule has 0 amide bonds. The molecule has 0 atom stereocenters. The number of nitrogens with one attached hydrogen (secondary N) is 2. The van der Waals surface area contributed by atoms with Gasteiger partial charge in [-0.05, 0) is 36.1 Å². The molecule has 0 saturated heterocycles. The molecule has 0 saturated carbocycles. The Morgan fingerprint density at radius 2 is 1.76 bits per heavy atom. The number of non-ortho nitro benzene ring substituents is 1. The van der Waals surface area contributed by atoms with Crippen molar-refractivity contribution >= 4 is 35.6 Å². The summed E-state index contributed by atoms with van der Waals surface area (Å²) < 4.78 is 10.7. The van der Waals surface area contributed by atoms with E-state index in [2.05, 4.69) is 22.5 Å². The lowest BCUT2D eigenvalue weighted by molar-refractivity contribution is -0.384. The van der Waals surface area contributed by atoms with E-state index < -0.39 is 4.92 Å². The first kappa shape index (κ1) is 22.7. The van der Waals surface area contributed by atoms with Gasteiger partial charge < -0.3 is 20.1 Å². The Balaban J connectivity index is 0.00000300. The normalized spacial score (nSPS) is 12.2. The quantitative estimate of drug-likeness (QED) is 0.184. The van der Waals surface area contributed by atoms with E-state index in [-0.39, 0.29) is 36.5 Å². The van der Waals surface area contributed by atoms with Gasteiger partial charge in [-0.1, -0.05) is 25.1 Å². The number of aliphatic imine (C=N–C) groups is 1. The number of hydrogen-bond donors (Lipinski definition) is 2. The molecule has 8 nitrogen and oxygen atoms in total. The SMILES string of the molecule is CCCNC(=NCc1ccc([N+](=O)[O-])cc1)NCCc1ccc2c(c1)OCO2.I. The van der Waals surface area contributed by atoms with Crippen molar-refractivity contribution in [3.8, 4) is 11.5 Å². The summed E-state index contributed by atoms with van der Waals surface area (Å²) in [6.45, 7) is 4.34. The van der Waals surface area contributed by atoms with Gasteiger partial charge in [0.15, 0.2) is 17.5 Å². The number of guanidine groups is 1. The van der Waals surface area contributed by atoms with Crippen molar-refractivity contribution in [3.05, 3.63) is 63.7 Å². The van der Waals surface area contributed by atoms with Crippen molar-refractivity contribution in [2.24, 2.45) is 4.99 Å². The number of nitro groups is 1. The van der Waals surface area contributed by atoms with Gasteiger partial charge in [-0.3, -0.25) is 10.1 Å². The standard InChI is InChI=1S/C20H24N4O4.HI/c1-2-10-21-20(23-13-16-3-6-17(7-4-16)24(25)26)22-11-9-15-5-8-18-19(12-15)28-14-27-18;/h3-8,12H,2,9-11,13-14H2,1H3,(H2,21,22,23);1H. The minimum Gasteiger partial charge on any atom is -0.454 e. The number of halogens is 1. The topological polar surface area (TPSA) is 98.0 Å². The van der Waals surface area contributed by atoms with Crippen molar-refractivity contribution in [1.82, 2.24) is 10.6 Å². The predicted molar refractivity (Wildman–Crippen MR) is 122 cm³/mol. The van der Waals surface area contributed by atoms with Gasteiger partial charge in [-0.15, -0.1) is 24.0 Å². The lowest BCUT2D eigenvalue weighted by atomic mass is 10.1. The first-order valence-electron chi connectivity index (χ1n) is 9.29. The highest BCUT2D eigenvalue weighted by molar-refractivity contribution is 14.0. The Kier molecular flexibility index (Phi) is 8.97. The van der Waals surface area contributed by atoms with Gasteiger partial charge in [0.25, 0.3) is 5.69 Å². The van der Waals surface area contributed by atoms with E-state index in [4.69, 9.17) is 9.47 Å². The average molecular weight is 512 g/mol. The number of fused-ring (bicyclic) bond motifs is 1. The summed E-state index contributed by atoms with van der Waals surface area (Å²) in [5, 5.41) is 17.3. The van der Waals surface area contributed by atoms with Crippen LogP contribution >= 0.6 is 24.0 Å². The van der Waals surface area contributed by atoms with Crippen LogP contribution < -0.4 is 20.1 Å².